The highest BCUT2D eigenvalue weighted by atomic mass is 35.5. The van der Waals surface area contributed by atoms with Gasteiger partial charge in [-0.1, -0.05) is 90.1 Å². The van der Waals surface area contributed by atoms with E-state index >= 15 is 0 Å². The zero-order valence-electron chi connectivity index (χ0n) is 19.4. The van der Waals surface area contributed by atoms with Gasteiger partial charge in [-0.25, -0.2) is 0 Å². The molecule has 0 aromatic heterocycles. The second-order valence-electron chi connectivity index (χ2n) is 8.39. The molecule has 1 N–H and O–H groups in total. The number of rotatable bonds is 6. The van der Waals surface area contributed by atoms with Crippen molar-refractivity contribution in [1.29, 1.82) is 0 Å². The molecule has 1 aliphatic rings. The number of hydrogen-bond donors (Lipinski definition) is 1. The number of nitrogens with zero attached hydrogens (tertiary/aromatic N) is 1. The van der Waals surface area contributed by atoms with Crippen LogP contribution in [0.4, 0.5) is 5.69 Å². The van der Waals surface area contributed by atoms with Crippen LogP contribution in [0.5, 0.6) is 0 Å². The van der Waals surface area contributed by atoms with Crippen molar-refractivity contribution in [3.05, 3.63) is 135 Å². The molecular formula is C30H23ClN2O2S. The van der Waals surface area contributed by atoms with E-state index in [4.69, 9.17) is 11.6 Å². The van der Waals surface area contributed by atoms with Crippen LogP contribution >= 0.6 is 23.4 Å². The van der Waals surface area contributed by atoms with Gasteiger partial charge in [0.2, 0.25) is 0 Å². The number of amides is 2. The fourth-order valence-electron chi connectivity index (χ4n) is 4.00. The second kappa shape index (κ2) is 10.9. The largest absolute Gasteiger partial charge is 0.348 e. The predicted octanol–water partition coefficient (Wildman–Crippen LogP) is 6.95. The monoisotopic (exact) mass is 510 g/mol. The number of fused-ring (bicyclic) bond motifs is 1. The Balaban J connectivity index is 1.34. The first kappa shape index (κ1) is 23.9. The number of hydrogen-bond acceptors (Lipinski definition) is 3. The van der Waals surface area contributed by atoms with Gasteiger partial charge < -0.3 is 10.2 Å². The van der Waals surface area contributed by atoms with Gasteiger partial charge in [-0.3, -0.25) is 9.59 Å². The summed E-state index contributed by atoms with van der Waals surface area (Å²) in [5, 5.41) is 3.58. The average molecular weight is 511 g/mol. The van der Waals surface area contributed by atoms with E-state index in [-0.39, 0.29) is 11.8 Å². The van der Waals surface area contributed by atoms with E-state index in [1.807, 2.05) is 97.1 Å². The van der Waals surface area contributed by atoms with Gasteiger partial charge >= 0.3 is 0 Å². The summed E-state index contributed by atoms with van der Waals surface area (Å²) in [5.74, 6) is -0.203. The number of para-hydroxylation sites is 1. The highest BCUT2D eigenvalue weighted by Gasteiger charge is 2.29. The van der Waals surface area contributed by atoms with E-state index in [0.717, 1.165) is 27.3 Å². The second-order valence-corrected chi connectivity index (χ2v) is 9.91. The maximum absolute atomic E-state index is 13.5. The van der Waals surface area contributed by atoms with Crippen LogP contribution < -0.4 is 10.2 Å². The van der Waals surface area contributed by atoms with Crippen LogP contribution in [0.1, 0.15) is 27.0 Å². The summed E-state index contributed by atoms with van der Waals surface area (Å²) in [5.41, 5.74) is 4.32. The van der Waals surface area contributed by atoms with Crippen molar-refractivity contribution in [2.45, 2.75) is 18.0 Å². The van der Waals surface area contributed by atoms with E-state index in [2.05, 4.69) is 5.32 Å². The summed E-state index contributed by atoms with van der Waals surface area (Å²) in [6.45, 7) is 0.896. The fourth-order valence-corrected chi connectivity index (χ4v) is 5.27. The number of benzene rings is 4. The highest BCUT2D eigenvalue weighted by Crippen LogP contribution is 2.42. The third-order valence-corrected chi connectivity index (χ3v) is 7.14. The lowest BCUT2D eigenvalue weighted by Gasteiger charge is -2.30. The smallest absolute Gasteiger partial charge is 0.265 e. The van der Waals surface area contributed by atoms with Crippen molar-refractivity contribution >= 4 is 46.9 Å². The Morgan fingerprint density at radius 3 is 2.36 bits per heavy atom. The quantitative estimate of drug-likeness (QED) is 0.285. The molecule has 0 radical (unpaired) electrons. The van der Waals surface area contributed by atoms with Crippen LogP contribution in [0.2, 0.25) is 5.02 Å². The summed E-state index contributed by atoms with van der Waals surface area (Å²) in [7, 11) is 0. The van der Waals surface area contributed by atoms with Crippen LogP contribution in [0.3, 0.4) is 0 Å². The number of halogens is 1. The number of anilines is 1. The summed E-state index contributed by atoms with van der Waals surface area (Å²) in [6, 6.07) is 32.5. The van der Waals surface area contributed by atoms with Crippen molar-refractivity contribution in [1.82, 2.24) is 5.32 Å². The molecule has 4 aromatic carbocycles. The molecule has 2 amide bonds. The summed E-state index contributed by atoms with van der Waals surface area (Å²) >= 11 is 7.63. The van der Waals surface area contributed by atoms with E-state index in [1.165, 1.54) is 11.8 Å². The molecule has 0 saturated carbocycles. The average Bonchev–Trinajstić information content (AvgIpc) is 2.91. The Morgan fingerprint density at radius 2 is 1.58 bits per heavy atom. The molecule has 0 unspecified atom stereocenters. The maximum atomic E-state index is 13.5. The van der Waals surface area contributed by atoms with Gasteiger partial charge in [-0.15, -0.1) is 0 Å². The Morgan fingerprint density at radius 1 is 0.861 bits per heavy atom. The topological polar surface area (TPSA) is 49.4 Å². The van der Waals surface area contributed by atoms with Gasteiger partial charge in [0.1, 0.15) is 0 Å². The fraction of sp³-hybridized carbons (Fsp3) is 0.0667. The van der Waals surface area contributed by atoms with Crippen molar-refractivity contribution < 1.29 is 9.59 Å². The van der Waals surface area contributed by atoms with Crippen molar-refractivity contribution in [2.75, 3.05) is 4.90 Å². The number of thioether (sulfide) groups is 1. The molecule has 0 saturated heterocycles. The number of nitrogens with one attached hydrogen (secondary N) is 1. The molecule has 6 heteroatoms. The van der Waals surface area contributed by atoms with Crippen LogP contribution in [-0.4, -0.2) is 11.8 Å². The molecular weight excluding hydrogens is 488 g/mol. The van der Waals surface area contributed by atoms with E-state index in [0.29, 0.717) is 28.6 Å². The zero-order valence-corrected chi connectivity index (χ0v) is 20.9. The van der Waals surface area contributed by atoms with Gasteiger partial charge in [-0.05, 0) is 59.2 Å². The zero-order chi connectivity index (χ0) is 24.9. The SMILES string of the molecule is O=C(NCc1ccccc1)c1ccc(C=C2Sc3ccccc3N(Cc3cccc(Cl)c3)C2=O)cc1. The lowest BCUT2D eigenvalue weighted by molar-refractivity contribution is -0.114. The lowest BCUT2D eigenvalue weighted by Crippen LogP contribution is -2.33. The molecule has 0 bridgehead atoms. The first-order chi connectivity index (χ1) is 17.6. The van der Waals surface area contributed by atoms with Gasteiger partial charge in [-0.2, -0.15) is 0 Å². The molecule has 0 aliphatic carbocycles. The van der Waals surface area contributed by atoms with Crippen LogP contribution in [0.25, 0.3) is 6.08 Å². The lowest BCUT2D eigenvalue weighted by atomic mass is 10.1. The highest BCUT2D eigenvalue weighted by molar-refractivity contribution is 8.04. The molecule has 0 fully saturated rings. The normalized spacial score (nSPS) is 14.0. The van der Waals surface area contributed by atoms with E-state index in [1.54, 1.807) is 17.0 Å². The Labute approximate surface area is 219 Å². The minimum atomic E-state index is -0.136. The van der Waals surface area contributed by atoms with Gasteiger partial charge in [0.25, 0.3) is 11.8 Å². The Bertz CT molecular complexity index is 1440. The predicted molar refractivity (Wildman–Crippen MR) is 147 cm³/mol. The first-order valence-corrected chi connectivity index (χ1v) is 12.7. The van der Waals surface area contributed by atoms with Gasteiger partial charge in [0.05, 0.1) is 17.1 Å². The molecule has 4 nitrogen and oxygen atoms in total. The van der Waals surface area contributed by atoms with Crippen LogP contribution in [0, 0.1) is 0 Å². The standard InChI is InChI=1S/C30H23ClN2O2S/c31-25-10-6-9-23(17-25)20-33-26-11-4-5-12-27(26)36-28(30(33)35)18-21-13-15-24(16-14-21)29(34)32-19-22-7-2-1-3-8-22/h1-18H,19-20H2,(H,32,34). The third kappa shape index (κ3) is 5.54. The van der Waals surface area contributed by atoms with Crippen LogP contribution in [-0.2, 0) is 17.9 Å². The Hall–Kier alpha value is -3.80. The molecule has 4 aromatic rings. The molecule has 0 atom stereocenters. The molecule has 1 aliphatic heterocycles. The molecule has 5 rings (SSSR count). The van der Waals surface area contributed by atoms with Crippen molar-refractivity contribution in [3.63, 3.8) is 0 Å². The minimum absolute atomic E-state index is 0.0663. The van der Waals surface area contributed by atoms with Gasteiger partial charge in [0, 0.05) is 22.0 Å². The molecule has 1 heterocycles. The van der Waals surface area contributed by atoms with Gasteiger partial charge in [0.15, 0.2) is 0 Å². The first-order valence-electron chi connectivity index (χ1n) is 11.5. The number of carbonyl (C=O) groups is 2. The summed E-state index contributed by atoms with van der Waals surface area (Å²) in [6.07, 6.45) is 1.87. The summed E-state index contributed by atoms with van der Waals surface area (Å²) in [4.78, 5) is 29.5. The number of carbonyl (C=O) groups excluding carboxylic acids is 2. The maximum Gasteiger partial charge on any atom is 0.265 e. The van der Waals surface area contributed by atoms with Crippen molar-refractivity contribution in [3.8, 4) is 0 Å². The van der Waals surface area contributed by atoms with Crippen LogP contribution in [0.15, 0.2) is 113 Å². The Kier molecular flexibility index (Phi) is 7.21. The molecule has 0 spiro atoms. The third-order valence-electron chi connectivity index (χ3n) is 5.83. The molecule has 178 valence electrons. The molecule has 36 heavy (non-hydrogen) atoms. The van der Waals surface area contributed by atoms with E-state index < -0.39 is 0 Å². The summed E-state index contributed by atoms with van der Waals surface area (Å²) < 4.78 is 0. The minimum Gasteiger partial charge on any atom is -0.348 e. The van der Waals surface area contributed by atoms with E-state index in [9.17, 15) is 9.59 Å². The van der Waals surface area contributed by atoms with Crippen molar-refractivity contribution in [2.24, 2.45) is 0 Å².